The van der Waals surface area contributed by atoms with E-state index < -0.39 is 0 Å². The lowest BCUT2D eigenvalue weighted by molar-refractivity contribution is 0.479. The zero-order valence-electron chi connectivity index (χ0n) is 7.83. The summed E-state index contributed by atoms with van der Waals surface area (Å²) in [5.41, 5.74) is 0. The van der Waals surface area contributed by atoms with Crippen molar-refractivity contribution in [3.8, 4) is 0 Å². The van der Waals surface area contributed by atoms with Gasteiger partial charge in [0.1, 0.15) is 11.0 Å². The Morgan fingerprint density at radius 2 is 2.36 bits per heavy atom. The van der Waals surface area contributed by atoms with Gasteiger partial charge in [0.05, 0.1) is 12.4 Å². The molecule has 0 aliphatic carbocycles. The zero-order chi connectivity index (χ0) is 9.80. The molecule has 0 aromatic carbocycles. The van der Waals surface area contributed by atoms with E-state index in [1.165, 1.54) is 12.8 Å². The van der Waals surface area contributed by atoms with Crippen molar-refractivity contribution in [2.45, 2.75) is 18.9 Å². The summed E-state index contributed by atoms with van der Waals surface area (Å²) >= 11 is 5.64. The van der Waals surface area contributed by atoms with Crippen molar-refractivity contribution in [3.05, 3.63) is 17.5 Å². The highest BCUT2D eigenvalue weighted by atomic mass is 35.5. The first-order chi connectivity index (χ1) is 6.84. The van der Waals surface area contributed by atoms with Crippen molar-refractivity contribution >= 4 is 17.4 Å². The zero-order valence-corrected chi connectivity index (χ0v) is 8.59. The molecule has 1 aliphatic rings. The molecule has 1 aliphatic heterocycles. The maximum atomic E-state index is 5.64. The minimum atomic E-state index is 0.428. The number of nitrogens with one attached hydrogen (secondary N) is 2. The average molecular weight is 213 g/mol. The van der Waals surface area contributed by atoms with E-state index in [-0.39, 0.29) is 0 Å². The van der Waals surface area contributed by atoms with Crippen LogP contribution in [-0.4, -0.2) is 29.1 Å². The first-order valence-electron chi connectivity index (χ1n) is 4.79. The van der Waals surface area contributed by atoms with E-state index in [1.807, 2.05) is 0 Å². The molecule has 1 saturated heterocycles. The molecular weight excluding hydrogens is 200 g/mol. The third-order valence-electron chi connectivity index (χ3n) is 2.27. The van der Waals surface area contributed by atoms with Crippen molar-refractivity contribution in [1.29, 1.82) is 0 Å². The average Bonchev–Trinajstić information content (AvgIpc) is 2.23. The Morgan fingerprint density at radius 3 is 3.00 bits per heavy atom. The molecule has 0 radical (unpaired) electrons. The molecule has 0 bridgehead atoms. The van der Waals surface area contributed by atoms with E-state index in [9.17, 15) is 0 Å². The lowest BCUT2D eigenvalue weighted by atomic mass is 10.1. The van der Waals surface area contributed by atoms with Crippen LogP contribution in [0.1, 0.15) is 12.8 Å². The summed E-state index contributed by atoms with van der Waals surface area (Å²) in [6.07, 6.45) is 5.60. The molecule has 1 aromatic heterocycles. The summed E-state index contributed by atoms with van der Waals surface area (Å²) in [7, 11) is 0. The Labute approximate surface area is 88.1 Å². The third-order valence-corrected chi connectivity index (χ3v) is 2.46. The first-order valence-corrected chi connectivity index (χ1v) is 5.17. The van der Waals surface area contributed by atoms with Gasteiger partial charge in [-0.1, -0.05) is 11.6 Å². The number of aromatic nitrogens is 2. The van der Waals surface area contributed by atoms with Gasteiger partial charge in [-0.3, -0.25) is 0 Å². The highest BCUT2D eigenvalue weighted by molar-refractivity contribution is 6.29. The summed E-state index contributed by atoms with van der Waals surface area (Å²) in [6.45, 7) is 2.11. The fourth-order valence-corrected chi connectivity index (χ4v) is 1.67. The minimum Gasteiger partial charge on any atom is -0.365 e. The summed E-state index contributed by atoms with van der Waals surface area (Å²) in [5.74, 6) is 0.795. The smallest absolute Gasteiger partial charge is 0.147 e. The SMILES string of the molecule is Clc1cnc(N[C@@H]2CCCNC2)cn1. The van der Waals surface area contributed by atoms with E-state index in [0.717, 1.165) is 18.9 Å². The van der Waals surface area contributed by atoms with Crippen LogP contribution in [0.15, 0.2) is 12.4 Å². The lowest BCUT2D eigenvalue weighted by Gasteiger charge is -2.23. The van der Waals surface area contributed by atoms with E-state index >= 15 is 0 Å². The van der Waals surface area contributed by atoms with Gasteiger partial charge in [0.15, 0.2) is 0 Å². The number of hydrogen-bond donors (Lipinski definition) is 2. The molecular formula is C9H13ClN4. The molecule has 1 atom stereocenters. The minimum absolute atomic E-state index is 0.428. The van der Waals surface area contributed by atoms with Crippen LogP contribution >= 0.6 is 11.6 Å². The summed E-state index contributed by atoms with van der Waals surface area (Å²) in [5, 5.41) is 7.07. The normalized spacial score (nSPS) is 21.9. The van der Waals surface area contributed by atoms with Crippen LogP contribution in [0.25, 0.3) is 0 Å². The molecule has 1 aromatic rings. The maximum absolute atomic E-state index is 5.64. The van der Waals surface area contributed by atoms with Crippen LogP contribution < -0.4 is 10.6 Å². The van der Waals surface area contributed by atoms with Crippen molar-refractivity contribution in [1.82, 2.24) is 15.3 Å². The molecule has 4 nitrogen and oxygen atoms in total. The van der Waals surface area contributed by atoms with Crippen LogP contribution in [0.5, 0.6) is 0 Å². The van der Waals surface area contributed by atoms with E-state index in [0.29, 0.717) is 11.2 Å². The van der Waals surface area contributed by atoms with Crippen molar-refractivity contribution in [2.24, 2.45) is 0 Å². The van der Waals surface area contributed by atoms with E-state index in [2.05, 4.69) is 20.6 Å². The predicted octanol–water partition coefficient (Wildman–Crippen LogP) is 1.29. The molecule has 2 heterocycles. The van der Waals surface area contributed by atoms with Crippen LogP contribution in [-0.2, 0) is 0 Å². The number of halogens is 1. The molecule has 5 heteroatoms. The van der Waals surface area contributed by atoms with Crippen LogP contribution in [0.2, 0.25) is 5.15 Å². The number of hydrogen-bond acceptors (Lipinski definition) is 4. The Bertz CT molecular complexity index is 281. The number of rotatable bonds is 2. The van der Waals surface area contributed by atoms with E-state index in [1.54, 1.807) is 12.4 Å². The number of piperidine rings is 1. The van der Waals surface area contributed by atoms with E-state index in [4.69, 9.17) is 11.6 Å². The van der Waals surface area contributed by atoms with Gasteiger partial charge in [-0.05, 0) is 19.4 Å². The third kappa shape index (κ3) is 2.56. The summed E-state index contributed by atoms with van der Waals surface area (Å²) in [4.78, 5) is 8.10. The topological polar surface area (TPSA) is 49.8 Å². The standard InChI is InChI=1S/C9H13ClN4/c10-8-5-13-9(6-12-8)14-7-2-1-3-11-4-7/h5-7,11H,1-4H2,(H,13,14)/t7-/m1/s1. The first kappa shape index (κ1) is 9.68. The maximum Gasteiger partial charge on any atom is 0.147 e. The van der Waals surface area contributed by atoms with Gasteiger partial charge < -0.3 is 10.6 Å². The molecule has 1 fully saturated rings. The second kappa shape index (κ2) is 4.57. The number of nitrogens with zero attached hydrogens (tertiary/aromatic N) is 2. The fourth-order valence-electron chi connectivity index (χ4n) is 1.57. The lowest BCUT2D eigenvalue weighted by Crippen LogP contribution is -2.38. The van der Waals surface area contributed by atoms with Gasteiger partial charge in [-0.15, -0.1) is 0 Å². The van der Waals surface area contributed by atoms with Gasteiger partial charge in [-0.25, -0.2) is 9.97 Å². The molecule has 76 valence electrons. The Balaban J connectivity index is 1.92. The molecule has 2 rings (SSSR count). The van der Waals surface area contributed by atoms with Crippen LogP contribution in [0.4, 0.5) is 5.82 Å². The largest absolute Gasteiger partial charge is 0.365 e. The fraction of sp³-hybridized carbons (Fsp3) is 0.556. The quantitative estimate of drug-likeness (QED) is 0.776. The molecule has 2 N–H and O–H groups in total. The molecule has 0 amide bonds. The van der Waals surface area contributed by atoms with Gasteiger partial charge in [0.25, 0.3) is 0 Å². The summed E-state index contributed by atoms with van der Waals surface area (Å²) < 4.78 is 0. The van der Waals surface area contributed by atoms with Crippen molar-refractivity contribution < 1.29 is 0 Å². The molecule has 0 saturated carbocycles. The van der Waals surface area contributed by atoms with Gasteiger partial charge in [-0.2, -0.15) is 0 Å². The Kier molecular flexibility index (Phi) is 3.16. The van der Waals surface area contributed by atoms with Crippen molar-refractivity contribution in [2.75, 3.05) is 18.4 Å². The van der Waals surface area contributed by atoms with Gasteiger partial charge in [0, 0.05) is 12.6 Å². The van der Waals surface area contributed by atoms with Crippen LogP contribution in [0.3, 0.4) is 0 Å². The Morgan fingerprint density at radius 1 is 1.43 bits per heavy atom. The van der Waals surface area contributed by atoms with Gasteiger partial charge in [0.2, 0.25) is 0 Å². The monoisotopic (exact) mass is 212 g/mol. The molecule has 0 unspecified atom stereocenters. The second-order valence-corrected chi connectivity index (χ2v) is 3.80. The summed E-state index contributed by atoms with van der Waals surface area (Å²) in [6, 6.07) is 0.458. The second-order valence-electron chi connectivity index (χ2n) is 3.41. The van der Waals surface area contributed by atoms with Crippen molar-refractivity contribution in [3.63, 3.8) is 0 Å². The number of anilines is 1. The highest BCUT2D eigenvalue weighted by Gasteiger charge is 2.12. The Hall–Kier alpha value is -0.870. The predicted molar refractivity (Wildman–Crippen MR) is 56.6 cm³/mol. The highest BCUT2D eigenvalue weighted by Crippen LogP contribution is 2.10. The molecule has 14 heavy (non-hydrogen) atoms. The molecule has 0 spiro atoms. The van der Waals surface area contributed by atoms with Gasteiger partial charge >= 0.3 is 0 Å². The van der Waals surface area contributed by atoms with Crippen LogP contribution in [0, 0.1) is 0 Å².